The van der Waals surface area contributed by atoms with E-state index in [0.29, 0.717) is 18.1 Å². The molecule has 0 saturated carbocycles. The molecule has 2 rings (SSSR count). The third-order valence-corrected chi connectivity index (χ3v) is 3.60. The van der Waals surface area contributed by atoms with Gasteiger partial charge in [0.25, 0.3) is 0 Å². The number of nitrogens with one attached hydrogen (secondary N) is 2. The molecule has 2 aromatic rings. The summed E-state index contributed by atoms with van der Waals surface area (Å²) in [5.74, 6) is 1.05. The topological polar surface area (TPSA) is 61.8 Å². The Balaban J connectivity index is 1.96. The Labute approximate surface area is 156 Å². The largest absolute Gasteiger partial charge is 0.573 e. The normalized spacial score (nSPS) is 11.9. The Morgan fingerprint density at radius 3 is 2.52 bits per heavy atom. The molecule has 0 saturated heterocycles. The van der Waals surface area contributed by atoms with Crippen molar-refractivity contribution >= 4 is 11.8 Å². The molecule has 27 heavy (non-hydrogen) atoms. The van der Waals surface area contributed by atoms with Gasteiger partial charge in [-0.1, -0.05) is 18.2 Å². The molecule has 1 aromatic heterocycles. The number of rotatable bonds is 6. The fourth-order valence-corrected chi connectivity index (χ4v) is 2.27. The molecule has 0 amide bonds. The van der Waals surface area contributed by atoms with Gasteiger partial charge in [-0.3, -0.25) is 4.99 Å². The number of aliphatic imine (C=N–C) groups is 1. The molecular formula is C18H22F3N5O. The van der Waals surface area contributed by atoms with Gasteiger partial charge >= 0.3 is 6.36 Å². The first kappa shape index (κ1) is 20.3. The maximum absolute atomic E-state index is 12.5. The van der Waals surface area contributed by atoms with E-state index in [0.717, 1.165) is 11.4 Å². The summed E-state index contributed by atoms with van der Waals surface area (Å²) in [6.07, 6.45) is -3.02. The van der Waals surface area contributed by atoms with Crippen molar-refractivity contribution in [1.29, 1.82) is 0 Å². The number of benzene rings is 1. The molecule has 0 aliphatic carbocycles. The van der Waals surface area contributed by atoms with E-state index in [2.05, 4.69) is 25.3 Å². The molecule has 0 unspecified atom stereocenters. The first-order valence-corrected chi connectivity index (χ1v) is 8.19. The summed E-state index contributed by atoms with van der Waals surface area (Å²) >= 11 is 0. The molecule has 2 N–H and O–H groups in total. The van der Waals surface area contributed by atoms with E-state index in [4.69, 9.17) is 0 Å². The van der Waals surface area contributed by atoms with Crippen LogP contribution in [-0.2, 0) is 13.1 Å². The number of alkyl halides is 3. The van der Waals surface area contributed by atoms with Gasteiger partial charge < -0.3 is 20.3 Å². The zero-order valence-corrected chi connectivity index (χ0v) is 15.3. The van der Waals surface area contributed by atoms with Crippen LogP contribution >= 0.6 is 0 Å². The van der Waals surface area contributed by atoms with Crippen LogP contribution < -0.4 is 20.3 Å². The summed E-state index contributed by atoms with van der Waals surface area (Å²) < 4.78 is 41.5. The summed E-state index contributed by atoms with van der Waals surface area (Å²) in [6.45, 7) is 0.620. The number of para-hydroxylation sites is 1. The Hall–Kier alpha value is -2.97. The van der Waals surface area contributed by atoms with Crippen LogP contribution in [0.4, 0.5) is 19.0 Å². The predicted molar refractivity (Wildman–Crippen MR) is 98.7 cm³/mol. The number of hydrogen-bond acceptors (Lipinski definition) is 4. The van der Waals surface area contributed by atoms with Crippen LogP contribution in [0.15, 0.2) is 47.6 Å². The van der Waals surface area contributed by atoms with Gasteiger partial charge in [-0.05, 0) is 23.8 Å². The van der Waals surface area contributed by atoms with Crippen LogP contribution in [0.1, 0.15) is 11.1 Å². The van der Waals surface area contributed by atoms with Gasteiger partial charge in [-0.2, -0.15) is 0 Å². The van der Waals surface area contributed by atoms with E-state index in [-0.39, 0.29) is 12.3 Å². The lowest BCUT2D eigenvalue weighted by Gasteiger charge is -2.16. The number of ether oxygens (including phenoxy) is 1. The minimum Gasteiger partial charge on any atom is -0.405 e. The molecule has 1 aromatic carbocycles. The number of hydrogen-bond donors (Lipinski definition) is 2. The SMILES string of the molecule is CN=C(NCc1ccnc(N(C)C)c1)NCc1ccccc1OC(F)(F)F. The van der Waals surface area contributed by atoms with Crippen molar-refractivity contribution in [2.75, 3.05) is 26.0 Å². The van der Waals surface area contributed by atoms with Crippen LogP contribution in [0.2, 0.25) is 0 Å². The van der Waals surface area contributed by atoms with Crippen molar-refractivity contribution < 1.29 is 17.9 Å². The second-order valence-corrected chi connectivity index (χ2v) is 5.85. The summed E-state index contributed by atoms with van der Waals surface area (Å²) in [5, 5.41) is 6.10. The molecular weight excluding hydrogens is 359 g/mol. The van der Waals surface area contributed by atoms with Crippen LogP contribution in [0.25, 0.3) is 0 Å². The summed E-state index contributed by atoms with van der Waals surface area (Å²) in [6, 6.07) is 9.79. The lowest BCUT2D eigenvalue weighted by molar-refractivity contribution is -0.274. The minimum atomic E-state index is -4.73. The van der Waals surface area contributed by atoms with Crippen LogP contribution in [0.5, 0.6) is 5.75 Å². The van der Waals surface area contributed by atoms with E-state index in [1.165, 1.54) is 12.1 Å². The Bertz CT molecular complexity index is 778. The van der Waals surface area contributed by atoms with E-state index >= 15 is 0 Å². The lowest BCUT2D eigenvalue weighted by atomic mass is 10.2. The summed E-state index contributed by atoms with van der Waals surface area (Å²) in [5.41, 5.74) is 1.37. The fraction of sp³-hybridized carbons (Fsp3) is 0.333. The van der Waals surface area contributed by atoms with Gasteiger partial charge in [-0.15, -0.1) is 13.2 Å². The lowest BCUT2D eigenvalue weighted by Crippen LogP contribution is -2.36. The molecule has 0 bridgehead atoms. The van der Waals surface area contributed by atoms with Crippen molar-refractivity contribution in [3.8, 4) is 5.75 Å². The maximum Gasteiger partial charge on any atom is 0.573 e. The molecule has 9 heteroatoms. The molecule has 6 nitrogen and oxygen atoms in total. The quantitative estimate of drug-likeness (QED) is 0.595. The van der Waals surface area contributed by atoms with Gasteiger partial charge in [0, 0.05) is 46.0 Å². The number of anilines is 1. The van der Waals surface area contributed by atoms with Gasteiger partial charge in [0.2, 0.25) is 0 Å². The smallest absolute Gasteiger partial charge is 0.405 e. The highest BCUT2D eigenvalue weighted by Crippen LogP contribution is 2.26. The number of nitrogens with zero attached hydrogens (tertiary/aromatic N) is 3. The van der Waals surface area contributed by atoms with Gasteiger partial charge in [0.15, 0.2) is 5.96 Å². The Morgan fingerprint density at radius 1 is 1.15 bits per heavy atom. The molecule has 0 radical (unpaired) electrons. The number of aromatic nitrogens is 1. The van der Waals surface area contributed by atoms with E-state index in [1.807, 2.05) is 31.1 Å². The van der Waals surface area contributed by atoms with Crippen molar-refractivity contribution in [2.45, 2.75) is 19.5 Å². The first-order valence-electron chi connectivity index (χ1n) is 8.19. The molecule has 0 atom stereocenters. The third-order valence-electron chi connectivity index (χ3n) is 3.60. The standard InChI is InChI=1S/C18H22F3N5O/c1-22-17(24-11-13-8-9-23-16(10-13)26(2)3)25-12-14-6-4-5-7-15(14)27-18(19,20)21/h4-10H,11-12H2,1-3H3,(H2,22,24,25). The first-order chi connectivity index (χ1) is 12.8. The minimum absolute atomic E-state index is 0.130. The predicted octanol–water partition coefficient (Wildman–Crippen LogP) is 2.91. The highest BCUT2D eigenvalue weighted by atomic mass is 19.4. The summed E-state index contributed by atoms with van der Waals surface area (Å²) in [7, 11) is 5.40. The maximum atomic E-state index is 12.5. The molecule has 0 fully saturated rings. The van der Waals surface area contributed by atoms with E-state index < -0.39 is 6.36 Å². The molecule has 146 valence electrons. The van der Waals surface area contributed by atoms with Gasteiger partial charge in [0.1, 0.15) is 11.6 Å². The average Bonchev–Trinajstić information content (AvgIpc) is 2.62. The van der Waals surface area contributed by atoms with Crippen molar-refractivity contribution in [3.63, 3.8) is 0 Å². The number of halogens is 3. The van der Waals surface area contributed by atoms with Gasteiger partial charge in [-0.25, -0.2) is 4.98 Å². The molecule has 1 heterocycles. The van der Waals surface area contributed by atoms with Crippen LogP contribution in [0.3, 0.4) is 0 Å². The monoisotopic (exact) mass is 381 g/mol. The molecule has 0 aliphatic rings. The second kappa shape index (κ2) is 9.11. The highest BCUT2D eigenvalue weighted by molar-refractivity contribution is 5.79. The van der Waals surface area contributed by atoms with E-state index in [1.54, 1.807) is 25.4 Å². The van der Waals surface area contributed by atoms with Crippen molar-refractivity contribution in [2.24, 2.45) is 4.99 Å². The third kappa shape index (κ3) is 6.69. The number of pyridine rings is 1. The van der Waals surface area contributed by atoms with Crippen LogP contribution in [0, 0.1) is 0 Å². The van der Waals surface area contributed by atoms with Gasteiger partial charge in [0.05, 0.1) is 0 Å². The summed E-state index contributed by atoms with van der Waals surface area (Å²) in [4.78, 5) is 10.2. The average molecular weight is 381 g/mol. The highest BCUT2D eigenvalue weighted by Gasteiger charge is 2.31. The van der Waals surface area contributed by atoms with Crippen LogP contribution in [-0.4, -0.2) is 38.4 Å². The zero-order chi connectivity index (χ0) is 19.9. The molecule has 0 aliphatic heterocycles. The van der Waals surface area contributed by atoms with Crippen molar-refractivity contribution in [3.05, 3.63) is 53.7 Å². The van der Waals surface area contributed by atoms with Crippen molar-refractivity contribution in [1.82, 2.24) is 15.6 Å². The molecule has 0 spiro atoms. The number of guanidine groups is 1. The Kier molecular flexibility index (Phi) is 6.86. The zero-order valence-electron chi connectivity index (χ0n) is 15.3. The second-order valence-electron chi connectivity index (χ2n) is 5.85. The van der Waals surface area contributed by atoms with E-state index in [9.17, 15) is 13.2 Å². The Morgan fingerprint density at radius 2 is 1.85 bits per heavy atom. The fourth-order valence-electron chi connectivity index (χ4n) is 2.27.